The second kappa shape index (κ2) is 4.19. The average molecular weight is 259 g/mol. The summed E-state index contributed by atoms with van der Waals surface area (Å²) in [5.41, 5.74) is 2.44. The number of hydrogen-bond donors (Lipinski definition) is 2. The highest BCUT2D eigenvalue weighted by atomic mass is 32.1. The molecule has 0 aliphatic heterocycles. The Morgan fingerprint density at radius 1 is 1.06 bits per heavy atom. The molecule has 0 radical (unpaired) electrons. The number of hydrogen-bond acceptors (Lipinski definition) is 5. The lowest BCUT2D eigenvalue weighted by molar-refractivity contribution is 0.404. The van der Waals surface area contributed by atoms with Crippen molar-refractivity contribution < 1.29 is 14.6 Å². The van der Waals surface area contributed by atoms with Gasteiger partial charge in [0.15, 0.2) is 11.5 Å². The van der Waals surface area contributed by atoms with E-state index in [-0.39, 0.29) is 11.5 Å². The molecule has 3 aromatic rings. The van der Waals surface area contributed by atoms with Gasteiger partial charge in [-0.1, -0.05) is 0 Å². The molecule has 2 aromatic heterocycles. The standard InChI is InChI=1S/C13H9NO3S/c15-11-2-1-8(5-12(11)16)10-7-18-13(14-10)9-3-4-17-6-9/h1-7,15-16H. The number of phenolic OH excluding ortho intramolecular Hbond substituents is 2. The minimum absolute atomic E-state index is 0.135. The number of rotatable bonds is 2. The number of furan rings is 1. The molecule has 0 amide bonds. The first-order valence-electron chi connectivity index (χ1n) is 5.24. The highest BCUT2D eigenvalue weighted by Crippen LogP contribution is 2.33. The molecule has 2 heterocycles. The number of aromatic nitrogens is 1. The van der Waals surface area contributed by atoms with Crippen LogP contribution in [-0.2, 0) is 0 Å². The van der Waals surface area contributed by atoms with Crippen LogP contribution in [0.4, 0.5) is 0 Å². The zero-order valence-corrected chi connectivity index (χ0v) is 10.0. The lowest BCUT2D eigenvalue weighted by Crippen LogP contribution is -1.78. The van der Waals surface area contributed by atoms with Gasteiger partial charge >= 0.3 is 0 Å². The first-order chi connectivity index (χ1) is 8.74. The number of phenols is 2. The van der Waals surface area contributed by atoms with Crippen molar-refractivity contribution in [2.75, 3.05) is 0 Å². The molecule has 0 saturated heterocycles. The second-order valence-electron chi connectivity index (χ2n) is 3.75. The summed E-state index contributed by atoms with van der Waals surface area (Å²) in [6.07, 6.45) is 3.24. The summed E-state index contributed by atoms with van der Waals surface area (Å²) in [6.45, 7) is 0. The van der Waals surface area contributed by atoms with E-state index in [2.05, 4.69) is 4.98 Å². The van der Waals surface area contributed by atoms with E-state index in [4.69, 9.17) is 4.42 Å². The van der Waals surface area contributed by atoms with Crippen LogP contribution in [0.25, 0.3) is 21.8 Å². The van der Waals surface area contributed by atoms with Gasteiger partial charge in [0.2, 0.25) is 0 Å². The van der Waals surface area contributed by atoms with Crippen LogP contribution < -0.4 is 0 Å². The highest BCUT2D eigenvalue weighted by Gasteiger charge is 2.09. The van der Waals surface area contributed by atoms with Crippen LogP contribution in [0.15, 0.2) is 46.6 Å². The van der Waals surface area contributed by atoms with Crippen LogP contribution in [-0.4, -0.2) is 15.2 Å². The van der Waals surface area contributed by atoms with Crippen molar-refractivity contribution in [3.05, 3.63) is 42.2 Å². The van der Waals surface area contributed by atoms with Gasteiger partial charge in [-0.2, -0.15) is 0 Å². The van der Waals surface area contributed by atoms with Crippen molar-refractivity contribution in [3.8, 4) is 33.3 Å². The zero-order valence-electron chi connectivity index (χ0n) is 9.20. The van der Waals surface area contributed by atoms with E-state index in [1.165, 1.54) is 23.5 Å². The Labute approximate surface area is 107 Å². The molecule has 18 heavy (non-hydrogen) atoms. The van der Waals surface area contributed by atoms with E-state index in [1.54, 1.807) is 18.6 Å². The molecule has 1 aromatic carbocycles. The van der Waals surface area contributed by atoms with Crippen molar-refractivity contribution in [2.24, 2.45) is 0 Å². The Bertz CT molecular complexity index is 673. The van der Waals surface area contributed by atoms with Crippen molar-refractivity contribution in [1.29, 1.82) is 0 Å². The molecular formula is C13H9NO3S. The zero-order chi connectivity index (χ0) is 12.5. The lowest BCUT2D eigenvalue weighted by Gasteiger charge is -2.00. The van der Waals surface area contributed by atoms with E-state index < -0.39 is 0 Å². The third-order valence-electron chi connectivity index (χ3n) is 2.54. The van der Waals surface area contributed by atoms with Gasteiger partial charge in [0.05, 0.1) is 12.0 Å². The minimum atomic E-state index is -0.148. The lowest BCUT2D eigenvalue weighted by atomic mass is 10.1. The van der Waals surface area contributed by atoms with E-state index in [0.29, 0.717) is 0 Å². The molecule has 5 heteroatoms. The van der Waals surface area contributed by atoms with Crippen molar-refractivity contribution in [2.45, 2.75) is 0 Å². The molecular weight excluding hydrogens is 250 g/mol. The SMILES string of the molecule is Oc1ccc(-c2csc(-c3ccoc3)n2)cc1O. The summed E-state index contributed by atoms with van der Waals surface area (Å²) < 4.78 is 5.01. The number of benzene rings is 1. The molecule has 0 bridgehead atoms. The van der Waals surface area contributed by atoms with Crippen LogP contribution in [0.2, 0.25) is 0 Å². The normalized spacial score (nSPS) is 10.7. The maximum atomic E-state index is 9.46. The topological polar surface area (TPSA) is 66.5 Å². The maximum Gasteiger partial charge on any atom is 0.158 e. The summed E-state index contributed by atoms with van der Waals surface area (Å²) in [5.74, 6) is -0.283. The molecule has 4 nitrogen and oxygen atoms in total. The summed E-state index contributed by atoms with van der Waals surface area (Å²) in [7, 11) is 0. The molecule has 0 atom stereocenters. The van der Waals surface area contributed by atoms with E-state index in [1.807, 2.05) is 11.4 Å². The van der Waals surface area contributed by atoms with Crippen LogP contribution in [0, 0.1) is 0 Å². The summed E-state index contributed by atoms with van der Waals surface area (Å²) in [6, 6.07) is 6.49. The quantitative estimate of drug-likeness (QED) is 0.691. The maximum absolute atomic E-state index is 9.46. The minimum Gasteiger partial charge on any atom is -0.504 e. The summed E-state index contributed by atoms with van der Waals surface area (Å²) >= 11 is 1.50. The molecule has 90 valence electrons. The third kappa shape index (κ3) is 1.84. The van der Waals surface area contributed by atoms with Crippen molar-refractivity contribution in [1.82, 2.24) is 4.98 Å². The van der Waals surface area contributed by atoms with Gasteiger partial charge < -0.3 is 14.6 Å². The first kappa shape index (κ1) is 10.9. The predicted octanol–water partition coefficient (Wildman–Crippen LogP) is 3.48. The Morgan fingerprint density at radius 2 is 1.94 bits per heavy atom. The molecule has 2 N–H and O–H groups in total. The average Bonchev–Trinajstić information content (AvgIpc) is 3.01. The van der Waals surface area contributed by atoms with Gasteiger partial charge in [-0.05, 0) is 24.3 Å². The molecule has 0 fully saturated rings. The van der Waals surface area contributed by atoms with Gasteiger partial charge in [0.25, 0.3) is 0 Å². The molecule has 3 rings (SSSR count). The fraction of sp³-hybridized carbons (Fsp3) is 0. The van der Waals surface area contributed by atoms with Crippen molar-refractivity contribution >= 4 is 11.3 Å². The number of nitrogens with zero attached hydrogens (tertiary/aromatic N) is 1. The van der Waals surface area contributed by atoms with Crippen LogP contribution in [0.5, 0.6) is 11.5 Å². The van der Waals surface area contributed by atoms with E-state index >= 15 is 0 Å². The fourth-order valence-electron chi connectivity index (χ4n) is 1.61. The molecule has 0 spiro atoms. The summed E-state index contributed by atoms with van der Waals surface area (Å²) in [5, 5.41) is 21.5. The van der Waals surface area contributed by atoms with Crippen LogP contribution in [0.1, 0.15) is 0 Å². The van der Waals surface area contributed by atoms with Gasteiger partial charge in [-0.25, -0.2) is 4.98 Å². The molecule has 0 unspecified atom stereocenters. The third-order valence-corrected chi connectivity index (χ3v) is 3.43. The molecule has 0 aliphatic carbocycles. The Kier molecular flexibility index (Phi) is 2.53. The first-order valence-corrected chi connectivity index (χ1v) is 6.12. The largest absolute Gasteiger partial charge is 0.504 e. The van der Waals surface area contributed by atoms with Gasteiger partial charge in [-0.15, -0.1) is 11.3 Å². The monoisotopic (exact) mass is 259 g/mol. The fourth-order valence-corrected chi connectivity index (χ4v) is 2.42. The van der Waals surface area contributed by atoms with Gasteiger partial charge in [0.1, 0.15) is 11.3 Å². The summed E-state index contributed by atoms with van der Waals surface area (Å²) in [4.78, 5) is 4.46. The number of thiazole rings is 1. The van der Waals surface area contributed by atoms with Crippen LogP contribution in [0.3, 0.4) is 0 Å². The second-order valence-corrected chi connectivity index (χ2v) is 4.61. The Balaban J connectivity index is 2.00. The molecule has 0 saturated carbocycles. The predicted molar refractivity (Wildman–Crippen MR) is 68.6 cm³/mol. The molecule has 0 aliphatic rings. The smallest absolute Gasteiger partial charge is 0.158 e. The Hall–Kier alpha value is -2.27. The highest BCUT2D eigenvalue weighted by molar-refractivity contribution is 7.13. The number of aromatic hydroxyl groups is 2. The van der Waals surface area contributed by atoms with Gasteiger partial charge in [0, 0.05) is 16.5 Å². The van der Waals surface area contributed by atoms with Crippen molar-refractivity contribution in [3.63, 3.8) is 0 Å². The van der Waals surface area contributed by atoms with Crippen LogP contribution >= 0.6 is 11.3 Å². The van der Waals surface area contributed by atoms with E-state index in [9.17, 15) is 10.2 Å². The van der Waals surface area contributed by atoms with E-state index in [0.717, 1.165) is 21.8 Å². The Morgan fingerprint density at radius 3 is 2.67 bits per heavy atom. The van der Waals surface area contributed by atoms with Gasteiger partial charge in [-0.3, -0.25) is 0 Å².